The first kappa shape index (κ1) is 9.76. The van der Waals surface area contributed by atoms with Crippen LogP contribution in [0.15, 0.2) is 0 Å². The minimum Gasteiger partial charge on any atom is -0.462 e. The second kappa shape index (κ2) is 4.56. The molecule has 0 aliphatic rings. The summed E-state index contributed by atoms with van der Waals surface area (Å²) < 4.78 is 4.83. The first-order chi connectivity index (χ1) is 4.57. The third kappa shape index (κ3) is 3.72. The van der Waals surface area contributed by atoms with Gasteiger partial charge in [-0.2, -0.15) is 0 Å². The quantitative estimate of drug-likeness (QED) is 0.471. The van der Waals surface area contributed by atoms with Crippen LogP contribution in [0.5, 0.6) is 0 Å². The number of esters is 1. The molecule has 0 amide bonds. The van der Waals surface area contributed by atoms with Crippen LogP contribution in [0, 0.1) is 0 Å². The third-order valence-corrected chi connectivity index (χ3v) is 1.45. The van der Waals surface area contributed by atoms with Gasteiger partial charge in [-0.3, -0.25) is 4.79 Å². The number of rotatable bonds is 3. The number of halogens is 1. The van der Waals surface area contributed by atoms with Crippen LogP contribution in [-0.4, -0.2) is 17.5 Å². The van der Waals surface area contributed by atoms with Crippen LogP contribution >= 0.6 is 11.6 Å². The summed E-state index contributed by atoms with van der Waals surface area (Å²) >= 11 is 5.59. The molecule has 0 spiro atoms. The van der Waals surface area contributed by atoms with Crippen molar-refractivity contribution in [2.75, 3.05) is 0 Å². The third-order valence-electron chi connectivity index (χ3n) is 0.966. The number of hydrogen-bond donors (Lipinski definition) is 0. The molecule has 10 heavy (non-hydrogen) atoms. The lowest BCUT2D eigenvalue weighted by Gasteiger charge is -2.09. The van der Waals surface area contributed by atoms with Crippen molar-refractivity contribution in [3.63, 3.8) is 0 Å². The van der Waals surface area contributed by atoms with Crippen LogP contribution in [0.3, 0.4) is 0 Å². The Morgan fingerprint density at radius 2 is 2.10 bits per heavy atom. The van der Waals surface area contributed by atoms with E-state index in [1.807, 2.05) is 6.92 Å². The van der Waals surface area contributed by atoms with E-state index in [-0.39, 0.29) is 12.1 Å². The minimum atomic E-state index is -0.484. The number of carbonyl (C=O) groups is 1. The topological polar surface area (TPSA) is 26.3 Å². The highest BCUT2D eigenvalue weighted by atomic mass is 35.5. The SMILES string of the molecule is CCC(Cl)C(=O)OC(C)C. The molecular formula is C7H13ClO2. The first-order valence-corrected chi connectivity index (χ1v) is 3.86. The second-order valence-corrected chi connectivity index (χ2v) is 2.89. The maximum atomic E-state index is 10.8. The molecule has 0 aliphatic heterocycles. The normalized spacial score (nSPS) is 13.3. The summed E-state index contributed by atoms with van der Waals surface area (Å²) in [5.74, 6) is -0.320. The fourth-order valence-corrected chi connectivity index (χ4v) is 0.524. The van der Waals surface area contributed by atoms with Crippen molar-refractivity contribution in [2.24, 2.45) is 0 Å². The smallest absolute Gasteiger partial charge is 0.324 e. The van der Waals surface area contributed by atoms with Gasteiger partial charge in [0.05, 0.1) is 6.10 Å². The van der Waals surface area contributed by atoms with E-state index in [0.717, 1.165) is 0 Å². The van der Waals surface area contributed by atoms with Gasteiger partial charge in [-0.25, -0.2) is 0 Å². The molecule has 1 atom stereocenters. The molecule has 0 radical (unpaired) electrons. The highest BCUT2D eigenvalue weighted by molar-refractivity contribution is 6.29. The molecule has 60 valence electrons. The monoisotopic (exact) mass is 164 g/mol. The van der Waals surface area contributed by atoms with E-state index in [2.05, 4.69) is 0 Å². The van der Waals surface area contributed by atoms with Gasteiger partial charge in [0.2, 0.25) is 0 Å². The van der Waals surface area contributed by atoms with E-state index >= 15 is 0 Å². The lowest BCUT2D eigenvalue weighted by Crippen LogP contribution is -2.20. The Bertz CT molecular complexity index is 112. The molecule has 0 saturated carbocycles. The summed E-state index contributed by atoms with van der Waals surface area (Å²) in [7, 11) is 0. The highest BCUT2D eigenvalue weighted by Crippen LogP contribution is 2.04. The Morgan fingerprint density at radius 3 is 2.40 bits per heavy atom. The molecular weight excluding hydrogens is 152 g/mol. The van der Waals surface area contributed by atoms with Crippen LogP contribution in [0.1, 0.15) is 27.2 Å². The number of ether oxygens (including phenoxy) is 1. The zero-order chi connectivity index (χ0) is 8.15. The van der Waals surface area contributed by atoms with Crippen molar-refractivity contribution in [3.05, 3.63) is 0 Å². The van der Waals surface area contributed by atoms with Gasteiger partial charge in [0.25, 0.3) is 0 Å². The zero-order valence-electron chi connectivity index (χ0n) is 6.56. The number of carbonyl (C=O) groups excluding carboxylic acids is 1. The molecule has 2 nitrogen and oxygen atoms in total. The largest absolute Gasteiger partial charge is 0.462 e. The van der Waals surface area contributed by atoms with E-state index in [9.17, 15) is 4.79 Å². The Balaban J connectivity index is 3.62. The van der Waals surface area contributed by atoms with Gasteiger partial charge in [-0.05, 0) is 20.3 Å². The van der Waals surface area contributed by atoms with E-state index in [4.69, 9.17) is 16.3 Å². The molecule has 0 aromatic heterocycles. The summed E-state index contributed by atoms with van der Waals surface area (Å²) in [6.45, 7) is 5.45. The maximum absolute atomic E-state index is 10.8. The van der Waals surface area contributed by atoms with Gasteiger partial charge in [0, 0.05) is 0 Å². The molecule has 0 aromatic carbocycles. The Labute approximate surface area is 66.5 Å². The number of alkyl halides is 1. The van der Waals surface area contributed by atoms with Gasteiger partial charge >= 0.3 is 5.97 Å². The summed E-state index contributed by atoms with van der Waals surface area (Å²) in [6, 6.07) is 0. The molecule has 0 aromatic rings. The van der Waals surface area contributed by atoms with E-state index in [1.54, 1.807) is 13.8 Å². The van der Waals surface area contributed by atoms with E-state index in [1.165, 1.54) is 0 Å². The predicted octanol–water partition coefficient (Wildman–Crippen LogP) is 1.96. The average Bonchev–Trinajstić information content (AvgIpc) is 1.85. The van der Waals surface area contributed by atoms with Crippen molar-refractivity contribution in [1.82, 2.24) is 0 Å². The first-order valence-electron chi connectivity index (χ1n) is 3.42. The van der Waals surface area contributed by atoms with Crippen molar-refractivity contribution in [1.29, 1.82) is 0 Å². The summed E-state index contributed by atoms with van der Waals surface area (Å²) in [5.41, 5.74) is 0. The van der Waals surface area contributed by atoms with Gasteiger partial charge in [-0.1, -0.05) is 6.92 Å². The Kier molecular flexibility index (Phi) is 4.45. The van der Waals surface area contributed by atoms with E-state index < -0.39 is 5.38 Å². The Hall–Kier alpha value is -0.240. The molecule has 0 heterocycles. The summed E-state index contributed by atoms with van der Waals surface area (Å²) in [6.07, 6.45) is 0.549. The lowest BCUT2D eigenvalue weighted by molar-refractivity contribution is -0.146. The molecule has 3 heteroatoms. The van der Waals surface area contributed by atoms with E-state index in [0.29, 0.717) is 6.42 Å². The highest BCUT2D eigenvalue weighted by Gasteiger charge is 2.14. The summed E-state index contributed by atoms with van der Waals surface area (Å²) in [4.78, 5) is 10.8. The van der Waals surface area contributed by atoms with Crippen LogP contribution in [0.2, 0.25) is 0 Å². The molecule has 1 unspecified atom stereocenters. The van der Waals surface area contributed by atoms with Gasteiger partial charge < -0.3 is 4.74 Å². The van der Waals surface area contributed by atoms with Crippen LogP contribution in [0.25, 0.3) is 0 Å². The Morgan fingerprint density at radius 1 is 1.60 bits per heavy atom. The molecule has 0 saturated heterocycles. The molecule has 0 bridgehead atoms. The van der Waals surface area contributed by atoms with Crippen LogP contribution in [-0.2, 0) is 9.53 Å². The van der Waals surface area contributed by atoms with Gasteiger partial charge in [0.1, 0.15) is 5.38 Å². The molecule has 0 fully saturated rings. The zero-order valence-corrected chi connectivity index (χ0v) is 7.31. The number of hydrogen-bond acceptors (Lipinski definition) is 2. The minimum absolute atomic E-state index is 0.0692. The van der Waals surface area contributed by atoms with Crippen molar-refractivity contribution in [2.45, 2.75) is 38.7 Å². The van der Waals surface area contributed by atoms with Crippen LogP contribution < -0.4 is 0 Å². The average molecular weight is 165 g/mol. The standard InChI is InChI=1S/C7H13ClO2/c1-4-6(8)7(9)10-5(2)3/h5-6H,4H2,1-3H3. The van der Waals surface area contributed by atoms with Gasteiger partial charge in [-0.15, -0.1) is 11.6 Å². The molecule has 0 rings (SSSR count). The van der Waals surface area contributed by atoms with Crippen molar-refractivity contribution < 1.29 is 9.53 Å². The van der Waals surface area contributed by atoms with Gasteiger partial charge in [0.15, 0.2) is 0 Å². The van der Waals surface area contributed by atoms with Crippen LogP contribution in [0.4, 0.5) is 0 Å². The van der Waals surface area contributed by atoms with Crippen molar-refractivity contribution >= 4 is 17.6 Å². The summed E-state index contributed by atoms with van der Waals surface area (Å²) in [5, 5.41) is -0.484. The van der Waals surface area contributed by atoms with Crippen molar-refractivity contribution in [3.8, 4) is 0 Å². The second-order valence-electron chi connectivity index (χ2n) is 2.36. The fourth-order valence-electron chi connectivity index (χ4n) is 0.473. The lowest BCUT2D eigenvalue weighted by atomic mass is 10.3. The fraction of sp³-hybridized carbons (Fsp3) is 0.857. The maximum Gasteiger partial charge on any atom is 0.324 e. The predicted molar refractivity (Wildman–Crippen MR) is 41.2 cm³/mol. The molecule has 0 aliphatic carbocycles. The molecule has 0 N–H and O–H groups in total.